The monoisotopic (exact) mass is 264 g/mol. The number of nitrogens with zero attached hydrogens (tertiary/aromatic N) is 3. The van der Waals surface area contributed by atoms with Crippen LogP contribution in [0.2, 0.25) is 0 Å². The summed E-state index contributed by atoms with van der Waals surface area (Å²) in [5.41, 5.74) is 9.09. The first-order valence-electron chi connectivity index (χ1n) is 6.59. The summed E-state index contributed by atoms with van der Waals surface area (Å²) in [6, 6.07) is 17.7. The lowest BCUT2D eigenvalue weighted by atomic mass is 10.1. The van der Waals surface area contributed by atoms with Crippen LogP contribution < -0.4 is 5.73 Å². The Kier molecular flexibility index (Phi) is 3.56. The first kappa shape index (κ1) is 12.6. The van der Waals surface area contributed by atoms with Crippen molar-refractivity contribution in [1.29, 1.82) is 0 Å². The normalized spacial score (nSPS) is 12.2. The largest absolute Gasteiger partial charge is 0.322 e. The SMILES string of the molecule is NC(Cc1ccccn1)c1ccn(-c2ccccc2)n1. The Bertz CT molecular complexity index is 661. The maximum Gasteiger partial charge on any atom is 0.0800 e. The molecule has 0 aliphatic carbocycles. The van der Waals surface area contributed by atoms with Crippen molar-refractivity contribution in [2.45, 2.75) is 12.5 Å². The van der Waals surface area contributed by atoms with E-state index < -0.39 is 0 Å². The molecular formula is C16H16N4. The molecule has 0 bridgehead atoms. The number of pyridine rings is 1. The van der Waals surface area contributed by atoms with Crippen LogP contribution in [0.15, 0.2) is 67.0 Å². The van der Waals surface area contributed by atoms with E-state index in [1.54, 1.807) is 6.20 Å². The van der Waals surface area contributed by atoms with Gasteiger partial charge in [-0.05, 0) is 30.3 Å². The van der Waals surface area contributed by atoms with Crippen LogP contribution in [0, 0.1) is 0 Å². The van der Waals surface area contributed by atoms with E-state index in [2.05, 4.69) is 10.1 Å². The van der Waals surface area contributed by atoms with Crippen molar-refractivity contribution in [2.75, 3.05) is 0 Å². The van der Waals surface area contributed by atoms with Gasteiger partial charge in [0.1, 0.15) is 0 Å². The van der Waals surface area contributed by atoms with Crippen molar-refractivity contribution in [3.05, 3.63) is 78.4 Å². The van der Waals surface area contributed by atoms with Crippen LogP contribution in [-0.2, 0) is 6.42 Å². The van der Waals surface area contributed by atoms with E-state index in [1.165, 1.54) is 0 Å². The zero-order valence-electron chi connectivity index (χ0n) is 11.1. The first-order valence-corrected chi connectivity index (χ1v) is 6.59. The molecule has 1 atom stereocenters. The Morgan fingerprint density at radius 1 is 1.00 bits per heavy atom. The quantitative estimate of drug-likeness (QED) is 0.787. The molecule has 2 N–H and O–H groups in total. The fourth-order valence-corrected chi connectivity index (χ4v) is 2.11. The standard InChI is InChI=1S/C16H16N4/c17-15(12-13-6-4-5-10-18-13)16-9-11-20(19-16)14-7-2-1-3-8-14/h1-11,15H,12,17H2. The van der Waals surface area contributed by atoms with Crippen LogP contribution in [-0.4, -0.2) is 14.8 Å². The fraction of sp³-hybridized carbons (Fsp3) is 0.125. The molecule has 20 heavy (non-hydrogen) atoms. The van der Waals surface area contributed by atoms with Crippen molar-refractivity contribution in [1.82, 2.24) is 14.8 Å². The van der Waals surface area contributed by atoms with Crippen molar-refractivity contribution in [3.63, 3.8) is 0 Å². The molecule has 1 aromatic carbocycles. The highest BCUT2D eigenvalue weighted by molar-refractivity contribution is 5.30. The highest BCUT2D eigenvalue weighted by atomic mass is 15.3. The second-order valence-corrected chi connectivity index (χ2v) is 4.65. The Morgan fingerprint density at radius 3 is 2.55 bits per heavy atom. The van der Waals surface area contributed by atoms with Crippen LogP contribution >= 0.6 is 0 Å². The van der Waals surface area contributed by atoms with Crippen molar-refractivity contribution in [3.8, 4) is 5.69 Å². The minimum Gasteiger partial charge on any atom is -0.322 e. The summed E-state index contributed by atoms with van der Waals surface area (Å²) in [6.07, 6.45) is 4.40. The fourth-order valence-electron chi connectivity index (χ4n) is 2.11. The van der Waals surface area contributed by atoms with E-state index in [9.17, 15) is 0 Å². The van der Waals surface area contributed by atoms with Crippen molar-refractivity contribution < 1.29 is 0 Å². The van der Waals surface area contributed by atoms with Gasteiger partial charge in [0, 0.05) is 24.5 Å². The molecule has 0 radical (unpaired) electrons. The average Bonchev–Trinajstić information content (AvgIpc) is 2.99. The first-order chi connectivity index (χ1) is 9.83. The average molecular weight is 264 g/mol. The lowest BCUT2D eigenvalue weighted by Gasteiger charge is -2.08. The minimum absolute atomic E-state index is 0.144. The van der Waals surface area contributed by atoms with E-state index in [0.29, 0.717) is 6.42 Å². The smallest absolute Gasteiger partial charge is 0.0800 e. The van der Waals surface area contributed by atoms with Gasteiger partial charge in [-0.2, -0.15) is 5.10 Å². The third-order valence-corrected chi connectivity index (χ3v) is 3.17. The molecule has 0 aliphatic heterocycles. The van der Waals surface area contributed by atoms with Crippen LogP contribution in [0.25, 0.3) is 5.69 Å². The van der Waals surface area contributed by atoms with E-state index in [4.69, 9.17) is 5.73 Å². The molecule has 0 saturated carbocycles. The van der Waals surface area contributed by atoms with Gasteiger partial charge in [-0.1, -0.05) is 24.3 Å². The molecule has 2 aromatic heterocycles. The van der Waals surface area contributed by atoms with E-state index in [1.807, 2.05) is 65.5 Å². The molecule has 0 spiro atoms. The minimum atomic E-state index is -0.144. The van der Waals surface area contributed by atoms with Gasteiger partial charge in [-0.15, -0.1) is 0 Å². The lowest BCUT2D eigenvalue weighted by Crippen LogP contribution is -2.15. The molecule has 3 aromatic rings. The zero-order chi connectivity index (χ0) is 13.8. The maximum absolute atomic E-state index is 6.20. The van der Waals surface area contributed by atoms with Gasteiger partial charge in [-0.25, -0.2) is 4.68 Å². The van der Waals surface area contributed by atoms with Gasteiger partial charge in [-0.3, -0.25) is 4.98 Å². The summed E-state index contributed by atoms with van der Waals surface area (Å²) in [7, 11) is 0. The number of para-hydroxylation sites is 1. The van der Waals surface area contributed by atoms with E-state index in [-0.39, 0.29) is 6.04 Å². The van der Waals surface area contributed by atoms with Gasteiger partial charge in [0.2, 0.25) is 0 Å². The zero-order valence-corrected chi connectivity index (χ0v) is 11.1. The van der Waals surface area contributed by atoms with E-state index >= 15 is 0 Å². The van der Waals surface area contributed by atoms with Crippen molar-refractivity contribution >= 4 is 0 Å². The second kappa shape index (κ2) is 5.67. The summed E-state index contributed by atoms with van der Waals surface area (Å²) < 4.78 is 1.84. The van der Waals surface area contributed by atoms with Gasteiger partial charge in [0.05, 0.1) is 17.4 Å². The number of hydrogen-bond acceptors (Lipinski definition) is 3. The van der Waals surface area contributed by atoms with Crippen molar-refractivity contribution in [2.24, 2.45) is 5.73 Å². The van der Waals surface area contributed by atoms with Crippen LogP contribution in [0.4, 0.5) is 0 Å². The van der Waals surface area contributed by atoms with Gasteiger partial charge in [0.25, 0.3) is 0 Å². The van der Waals surface area contributed by atoms with E-state index in [0.717, 1.165) is 17.1 Å². The number of nitrogens with two attached hydrogens (primary N) is 1. The molecule has 0 saturated heterocycles. The summed E-state index contributed by atoms with van der Waals surface area (Å²) in [4.78, 5) is 4.29. The van der Waals surface area contributed by atoms with Gasteiger partial charge >= 0.3 is 0 Å². The predicted molar refractivity (Wildman–Crippen MR) is 78.4 cm³/mol. The molecule has 0 amide bonds. The van der Waals surface area contributed by atoms with Gasteiger partial charge < -0.3 is 5.73 Å². The Morgan fingerprint density at radius 2 is 1.80 bits per heavy atom. The third-order valence-electron chi connectivity index (χ3n) is 3.17. The summed E-state index contributed by atoms with van der Waals surface area (Å²) in [5, 5.41) is 4.54. The summed E-state index contributed by atoms with van der Waals surface area (Å²) in [6.45, 7) is 0. The molecule has 0 aliphatic rings. The number of benzene rings is 1. The number of aromatic nitrogens is 3. The topological polar surface area (TPSA) is 56.7 Å². The molecule has 0 fully saturated rings. The maximum atomic E-state index is 6.20. The third kappa shape index (κ3) is 2.75. The lowest BCUT2D eigenvalue weighted by molar-refractivity contribution is 0.667. The van der Waals surface area contributed by atoms with Crippen LogP contribution in [0.1, 0.15) is 17.4 Å². The summed E-state index contributed by atoms with van der Waals surface area (Å²) >= 11 is 0. The molecule has 4 nitrogen and oxygen atoms in total. The van der Waals surface area contributed by atoms with Gasteiger partial charge in [0.15, 0.2) is 0 Å². The highest BCUT2D eigenvalue weighted by Crippen LogP contribution is 2.14. The highest BCUT2D eigenvalue weighted by Gasteiger charge is 2.11. The predicted octanol–water partition coefficient (Wildman–Crippen LogP) is 2.51. The molecule has 4 heteroatoms. The molecule has 3 rings (SSSR count). The molecular weight excluding hydrogens is 248 g/mol. The second-order valence-electron chi connectivity index (χ2n) is 4.65. The Labute approximate surface area is 117 Å². The van der Waals surface area contributed by atoms with Crippen LogP contribution in [0.3, 0.4) is 0 Å². The number of rotatable bonds is 4. The number of hydrogen-bond donors (Lipinski definition) is 1. The molecule has 1 unspecified atom stereocenters. The van der Waals surface area contributed by atoms with Crippen LogP contribution in [0.5, 0.6) is 0 Å². The molecule has 100 valence electrons. The summed E-state index contributed by atoms with van der Waals surface area (Å²) in [5.74, 6) is 0. The Hall–Kier alpha value is -2.46. The molecule has 2 heterocycles. The Balaban J connectivity index is 1.77.